The molecule has 0 aliphatic rings. The van der Waals surface area contributed by atoms with Gasteiger partial charge in [-0.25, -0.2) is 4.79 Å². The molecule has 1 aromatic rings. The molecular weight excluding hydrogens is 292 g/mol. The number of carbonyl (C=O) groups is 2. The molecule has 0 radical (unpaired) electrons. The molecule has 0 saturated heterocycles. The monoisotopic (exact) mass is 310 g/mol. The Morgan fingerprint density at radius 3 is 2.45 bits per heavy atom. The minimum absolute atomic E-state index is 0.0383. The summed E-state index contributed by atoms with van der Waals surface area (Å²) in [5, 5.41) is 13.4. The van der Waals surface area contributed by atoms with Gasteiger partial charge in [-0.1, -0.05) is 12.1 Å². The molecule has 0 aliphatic heterocycles. The number of ether oxygens (including phenoxy) is 2. The van der Waals surface area contributed by atoms with Gasteiger partial charge in [0.15, 0.2) is 19.0 Å². The van der Waals surface area contributed by atoms with E-state index in [1.54, 1.807) is 26.8 Å². The van der Waals surface area contributed by atoms with Crippen molar-refractivity contribution in [2.45, 2.75) is 26.3 Å². The zero-order chi connectivity index (χ0) is 16.8. The molecule has 22 heavy (non-hydrogen) atoms. The number of nitrogens with one attached hydrogen (secondary N) is 1. The molecule has 1 aromatic carbocycles. The van der Waals surface area contributed by atoms with E-state index in [0.717, 1.165) is 0 Å². The first-order chi connectivity index (χ1) is 10.2. The summed E-state index contributed by atoms with van der Waals surface area (Å²) >= 11 is 0. The Balaban J connectivity index is 2.44. The molecule has 8 heteroatoms. The number of benzene rings is 1. The number of para-hydroxylation sites is 2. The number of nitro benzene ring substituents is 1. The summed E-state index contributed by atoms with van der Waals surface area (Å²) in [5.41, 5.74) is -0.675. The van der Waals surface area contributed by atoms with Crippen LogP contribution in [0.2, 0.25) is 0 Å². The number of hydrogen-bond donors (Lipinski definition) is 1. The molecule has 0 saturated carbocycles. The SMILES string of the molecule is CC(C)(C)NC(=O)COC(=O)COc1ccccc1[N+](=O)[O-]. The van der Waals surface area contributed by atoms with Crippen LogP contribution in [0.25, 0.3) is 0 Å². The highest BCUT2D eigenvalue weighted by Gasteiger charge is 2.17. The Morgan fingerprint density at radius 2 is 1.86 bits per heavy atom. The Kier molecular flexibility index (Phi) is 5.85. The number of nitro groups is 1. The van der Waals surface area contributed by atoms with E-state index in [-0.39, 0.29) is 11.4 Å². The van der Waals surface area contributed by atoms with Crippen LogP contribution in [-0.2, 0) is 14.3 Å². The van der Waals surface area contributed by atoms with Gasteiger partial charge in [-0.2, -0.15) is 0 Å². The molecule has 0 bridgehead atoms. The number of nitrogens with zero attached hydrogens (tertiary/aromatic N) is 1. The van der Waals surface area contributed by atoms with Crippen molar-refractivity contribution in [1.82, 2.24) is 5.32 Å². The third-order valence-corrected chi connectivity index (χ3v) is 2.29. The van der Waals surface area contributed by atoms with Gasteiger partial charge in [-0.3, -0.25) is 14.9 Å². The molecule has 0 fully saturated rings. The van der Waals surface area contributed by atoms with Crippen molar-refractivity contribution in [2.75, 3.05) is 13.2 Å². The second-order valence-corrected chi connectivity index (χ2v) is 5.47. The van der Waals surface area contributed by atoms with Gasteiger partial charge >= 0.3 is 11.7 Å². The van der Waals surface area contributed by atoms with Crippen LogP contribution in [0.5, 0.6) is 5.75 Å². The molecule has 0 unspecified atom stereocenters. The molecule has 0 aromatic heterocycles. The fourth-order valence-corrected chi connectivity index (χ4v) is 1.51. The Labute approximate surface area is 127 Å². The average Bonchev–Trinajstić information content (AvgIpc) is 2.41. The molecule has 0 heterocycles. The standard InChI is InChI=1S/C14H18N2O6/c1-14(2,3)15-12(17)8-22-13(18)9-21-11-7-5-4-6-10(11)16(19)20/h4-7H,8-9H2,1-3H3,(H,15,17). The smallest absolute Gasteiger partial charge is 0.344 e. The van der Waals surface area contributed by atoms with Crippen LogP contribution in [0.1, 0.15) is 20.8 Å². The average molecular weight is 310 g/mol. The normalized spacial score (nSPS) is 10.7. The molecule has 0 aliphatic carbocycles. The lowest BCUT2D eigenvalue weighted by atomic mass is 10.1. The summed E-state index contributed by atoms with van der Waals surface area (Å²) in [5.74, 6) is -1.27. The number of carbonyl (C=O) groups excluding carboxylic acids is 2. The van der Waals surface area contributed by atoms with Gasteiger partial charge in [-0.05, 0) is 26.8 Å². The highest BCUT2D eigenvalue weighted by Crippen LogP contribution is 2.25. The van der Waals surface area contributed by atoms with Gasteiger partial charge in [-0.15, -0.1) is 0 Å². The van der Waals surface area contributed by atoms with Crippen LogP contribution in [0, 0.1) is 10.1 Å². The first kappa shape index (κ1) is 17.4. The quantitative estimate of drug-likeness (QED) is 0.484. The number of esters is 1. The maximum Gasteiger partial charge on any atom is 0.344 e. The van der Waals surface area contributed by atoms with Crippen LogP contribution >= 0.6 is 0 Å². The van der Waals surface area contributed by atoms with E-state index in [1.807, 2.05) is 0 Å². The Hall–Kier alpha value is -2.64. The van der Waals surface area contributed by atoms with Gasteiger partial charge in [0.1, 0.15) is 0 Å². The highest BCUT2D eigenvalue weighted by molar-refractivity contribution is 5.81. The summed E-state index contributed by atoms with van der Waals surface area (Å²) in [7, 11) is 0. The lowest BCUT2D eigenvalue weighted by molar-refractivity contribution is -0.385. The van der Waals surface area contributed by atoms with Crippen molar-refractivity contribution in [3.63, 3.8) is 0 Å². The van der Waals surface area contributed by atoms with Crippen LogP contribution < -0.4 is 10.1 Å². The minimum Gasteiger partial charge on any atom is -0.475 e. The highest BCUT2D eigenvalue weighted by atomic mass is 16.6. The first-order valence-corrected chi connectivity index (χ1v) is 6.52. The fourth-order valence-electron chi connectivity index (χ4n) is 1.51. The predicted molar refractivity (Wildman–Crippen MR) is 77.4 cm³/mol. The van der Waals surface area contributed by atoms with Crippen LogP contribution in [-0.4, -0.2) is 35.6 Å². The topological polar surface area (TPSA) is 108 Å². The van der Waals surface area contributed by atoms with Crippen molar-refractivity contribution < 1.29 is 24.0 Å². The largest absolute Gasteiger partial charge is 0.475 e. The van der Waals surface area contributed by atoms with Crippen molar-refractivity contribution in [3.8, 4) is 5.75 Å². The minimum atomic E-state index is -0.790. The zero-order valence-electron chi connectivity index (χ0n) is 12.6. The summed E-state index contributed by atoms with van der Waals surface area (Å²) in [6.45, 7) is 4.43. The molecule has 0 atom stereocenters. The van der Waals surface area contributed by atoms with E-state index in [1.165, 1.54) is 18.2 Å². The van der Waals surface area contributed by atoms with Crippen LogP contribution in [0.3, 0.4) is 0 Å². The molecule has 1 rings (SSSR count). The summed E-state index contributed by atoms with van der Waals surface area (Å²) in [4.78, 5) is 33.1. The van der Waals surface area contributed by atoms with Crippen molar-refractivity contribution in [1.29, 1.82) is 0 Å². The van der Waals surface area contributed by atoms with E-state index in [4.69, 9.17) is 9.47 Å². The number of amides is 1. The predicted octanol–water partition coefficient (Wildman–Crippen LogP) is 1.43. The van der Waals surface area contributed by atoms with Gasteiger partial charge in [0.25, 0.3) is 5.91 Å². The molecular formula is C14H18N2O6. The second kappa shape index (κ2) is 7.39. The van der Waals surface area contributed by atoms with E-state index in [9.17, 15) is 19.7 Å². The van der Waals surface area contributed by atoms with Crippen molar-refractivity contribution in [2.24, 2.45) is 0 Å². The molecule has 8 nitrogen and oxygen atoms in total. The summed E-state index contributed by atoms with van der Waals surface area (Å²) < 4.78 is 9.77. The van der Waals surface area contributed by atoms with Crippen LogP contribution in [0.4, 0.5) is 5.69 Å². The van der Waals surface area contributed by atoms with E-state index >= 15 is 0 Å². The maximum absolute atomic E-state index is 11.5. The molecule has 0 spiro atoms. The molecule has 120 valence electrons. The van der Waals surface area contributed by atoms with Gasteiger partial charge in [0.05, 0.1) is 4.92 Å². The summed E-state index contributed by atoms with van der Waals surface area (Å²) in [6.07, 6.45) is 0. The van der Waals surface area contributed by atoms with Gasteiger partial charge < -0.3 is 14.8 Å². The third-order valence-electron chi connectivity index (χ3n) is 2.29. The second-order valence-electron chi connectivity index (χ2n) is 5.47. The molecule has 1 amide bonds. The van der Waals surface area contributed by atoms with E-state index < -0.39 is 35.6 Å². The van der Waals surface area contributed by atoms with Crippen molar-refractivity contribution in [3.05, 3.63) is 34.4 Å². The maximum atomic E-state index is 11.5. The van der Waals surface area contributed by atoms with Gasteiger partial charge in [0.2, 0.25) is 0 Å². The zero-order valence-corrected chi connectivity index (χ0v) is 12.6. The number of rotatable bonds is 6. The van der Waals surface area contributed by atoms with E-state index in [0.29, 0.717) is 0 Å². The van der Waals surface area contributed by atoms with Crippen molar-refractivity contribution >= 4 is 17.6 Å². The lowest BCUT2D eigenvalue weighted by Crippen LogP contribution is -2.43. The van der Waals surface area contributed by atoms with E-state index in [2.05, 4.69) is 5.32 Å². The Bertz CT molecular complexity index is 565. The third kappa shape index (κ3) is 6.21. The fraction of sp³-hybridized carbons (Fsp3) is 0.429. The van der Waals surface area contributed by atoms with Gasteiger partial charge in [0, 0.05) is 11.6 Å². The lowest BCUT2D eigenvalue weighted by Gasteiger charge is -2.20. The Morgan fingerprint density at radius 1 is 1.23 bits per heavy atom. The van der Waals surface area contributed by atoms with Crippen LogP contribution in [0.15, 0.2) is 24.3 Å². The summed E-state index contributed by atoms with van der Waals surface area (Å²) in [6, 6.07) is 5.67. The molecule has 1 N–H and O–H groups in total. The number of hydrogen-bond acceptors (Lipinski definition) is 6. The first-order valence-electron chi connectivity index (χ1n) is 6.52.